The van der Waals surface area contributed by atoms with Crippen LogP contribution in [0.25, 0.3) is 0 Å². The van der Waals surface area contributed by atoms with Gasteiger partial charge in [0.25, 0.3) is 0 Å². The summed E-state index contributed by atoms with van der Waals surface area (Å²) in [6.45, 7) is 1.18. The Bertz CT molecular complexity index is 259. The van der Waals surface area contributed by atoms with Crippen LogP contribution < -0.4 is 10.0 Å². The highest BCUT2D eigenvalue weighted by molar-refractivity contribution is 7.89. The van der Waals surface area contributed by atoms with Crippen LogP contribution in [0.3, 0.4) is 0 Å². The van der Waals surface area contributed by atoms with Crippen molar-refractivity contribution in [1.82, 2.24) is 10.0 Å². The first-order valence-electron chi connectivity index (χ1n) is 5.76. The molecule has 1 aliphatic carbocycles. The summed E-state index contributed by atoms with van der Waals surface area (Å²) < 4.78 is 25.9. The predicted octanol–water partition coefficient (Wildman–Crippen LogP) is 0.705. The summed E-state index contributed by atoms with van der Waals surface area (Å²) in [7, 11) is -1.23. The van der Waals surface area contributed by atoms with E-state index in [0.717, 1.165) is 12.8 Å². The Morgan fingerprint density at radius 3 is 2.40 bits per heavy atom. The van der Waals surface area contributed by atoms with Crippen molar-refractivity contribution in [3.05, 3.63) is 0 Å². The Kier molecular flexibility index (Phi) is 5.56. The standard InChI is InChI=1S/C10H22N2O2S/c1-11-7-8-12-15(13,14)9-10-5-3-2-4-6-10/h10-12H,2-9H2,1H3. The Morgan fingerprint density at radius 1 is 1.13 bits per heavy atom. The summed E-state index contributed by atoms with van der Waals surface area (Å²) in [5.41, 5.74) is 0. The van der Waals surface area contributed by atoms with E-state index in [2.05, 4.69) is 10.0 Å². The molecule has 0 amide bonds. The van der Waals surface area contributed by atoms with Crippen LogP contribution in [0, 0.1) is 5.92 Å². The molecule has 5 heteroatoms. The van der Waals surface area contributed by atoms with Gasteiger partial charge in [-0.3, -0.25) is 0 Å². The van der Waals surface area contributed by atoms with Crippen molar-refractivity contribution in [3.8, 4) is 0 Å². The van der Waals surface area contributed by atoms with E-state index in [-0.39, 0.29) is 0 Å². The van der Waals surface area contributed by atoms with E-state index in [1.165, 1.54) is 19.3 Å². The minimum absolute atomic E-state index is 0.316. The zero-order valence-electron chi connectivity index (χ0n) is 9.46. The average molecular weight is 234 g/mol. The van der Waals surface area contributed by atoms with Gasteiger partial charge < -0.3 is 5.32 Å². The van der Waals surface area contributed by atoms with Crippen molar-refractivity contribution in [1.29, 1.82) is 0 Å². The number of rotatable bonds is 6. The van der Waals surface area contributed by atoms with Gasteiger partial charge in [0.2, 0.25) is 10.0 Å². The molecule has 0 unspecified atom stereocenters. The van der Waals surface area contributed by atoms with Crippen LogP contribution in [0.15, 0.2) is 0 Å². The van der Waals surface area contributed by atoms with Crippen LogP contribution in [0.4, 0.5) is 0 Å². The van der Waals surface area contributed by atoms with E-state index in [1.807, 2.05) is 7.05 Å². The van der Waals surface area contributed by atoms with Crippen molar-refractivity contribution < 1.29 is 8.42 Å². The second-order valence-corrected chi connectivity index (χ2v) is 6.13. The van der Waals surface area contributed by atoms with Crippen LogP contribution in [-0.2, 0) is 10.0 Å². The third-order valence-electron chi connectivity index (χ3n) is 2.88. The van der Waals surface area contributed by atoms with Crippen LogP contribution in [0.1, 0.15) is 32.1 Å². The lowest BCUT2D eigenvalue weighted by Gasteiger charge is -2.21. The smallest absolute Gasteiger partial charge is 0.211 e. The van der Waals surface area contributed by atoms with Gasteiger partial charge in [-0.15, -0.1) is 0 Å². The Morgan fingerprint density at radius 2 is 1.80 bits per heavy atom. The van der Waals surface area contributed by atoms with Crippen molar-refractivity contribution in [2.75, 3.05) is 25.9 Å². The quantitative estimate of drug-likeness (QED) is 0.665. The molecule has 0 aromatic heterocycles. The molecule has 1 fully saturated rings. The van der Waals surface area contributed by atoms with E-state index in [9.17, 15) is 8.42 Å². The van der Waals surface area contributed by atoms with Crippen molar-refractivity contribution in [2.45, 2.75) is 32.1 Å². The fraction of sp³-hybridized carbons (Fsp3) is 1.00. The maximum atomic E-state index is 11.6. The van der Waals surface area contributed by atoms with Gasteiger partial charge >= 0.3 is 0 Å². The summed E-state index contributed by atoms with van der Waals surface area (Å²) >= 11 is 0. The summed E-state index contributed by atoms with van der Waals surface area (Å²) in [6, 6.07) is 0. The summed E-state index contributed by atoms with van der Waals surface area (Å²) in [6.07, 6.45) is 5.80. The molecule has 1 rings (SSSR count). The second kappa shape index (κ2) is 6.45. The van der Waals surface area contributed by atoms with Crippen molar-refractivity contribution >= 4 is 10.0 Å². The van der Waals surface area contributed by atoms with Crippen LogP contribution in [0.5, 0.6) is 0 Å². The van der Waals surface area contributed by atoms with Gasteiger partial charge in [-0.2, -0.15) is 0 Å². The highest BCUT2D eigenvalue weighted by Crippen LogP contribution is 2.24. The van der Waals surface area contributed by atoms with E-state index in [1.54, 1.807) is 0 Å². The fourth-order valence-corrected chi connectivity index (χ4v) is 3.54. The minimum Gasteiger partial charge on any atom is -0.318 e. The molecule has 0 heterocycles. The zero-order valence-corrected chi connectivity index (χ0v) is 10.3. The van der Waals surface area contributed by atoms with Crippen LogP contribution in [0.2, 0.25) is 0 Å². The number of hydrogen-bond acceptors (Lipinski definition) is 3. The van der Waals surface area contributed by atoms with Gasteiger partial charge in [0, 0.05) is 13.1 Å². The molecular weight excluding hydrogens is 212 g/mol. The molecule has 0 aromatic rings. The third kappa shape index (κ3) is 5.49. The van der Waals surface area contributed by atoms with Gasteiger partial charge in [0.05, 0.1) is 5.75 Å². The van der Waals surface area contributed by atoms with E-state index < -0.39 is 10.0 Å². The van der Waals surface area contributed by atoms with Gasteiger partial charge in [0.15, 0.2) is 0 Å². The molecule has 90 valence electrons. The van der Waals surface area contributed by atoms with Crippen molar-refractivity contribution in [3.63, 3.8) is 0 Å². The molecule has 0 aliphatic heterocycles. The molecule has 4 nitrogen and oxygen atoms in total. The van der Waals surface area contributed by atoms with Gasteiger partial charge in [-0.25, -0.2) is 13.1 Å². The number of likely N-dealkylation sites (N-methyl/N-ethyl adjacent to an activating group) is 1. The van der Waals surface area contributed by atoms with Crippen LogP contribution in [-0.4, -0.2) is 34.3 Å². The summed E-state index contributed by atoms with van der Waals surface area (Å²) in [5.74, 6) is 0.697. The highest BCUT2D eigenvalue weighted by atomic mass is 32.2. The maximum Gasteiger partial charge on any atom is 0.211 e. The number of hydrogen-bond donors (Lipinski definition) is 2. The Balaban J connectivity index is 2.27. The normalized spacial score (nSPS) is 19.3. The minimum atomic E-state index is -3.04. The van der Waals surface area contributed by atoms with Gasteiger partial charge in [-0.1, -0.05) is 19.3 Å². The van der Waals surface area contributed by atoms with E-state index in [4.69, 9.17) is 0 Å². The molecule has 0 spiro atoms. The molecule has 2 N–H and O–H groups in total. The first-order chi connectivity index (χ1) is 7.14. The van der Waals surface area contributed by atoms with E-state index >= 15 is 0 Å². The monoisotopic (exact) mass is 234 g/mol. The van der Waals surface area contributed by atoms with Gasteiger partial charge in [0.1, 0.15) is 0 Å². The first kappa shape index (κ1) is 12.9. The predicted molar refractivity (Wildman–Crippen MR) is 62.3 cm³/mol. The van der Waals surface area contributed by atoms with Gasteiger partial charge in [-0.05, 0) is 25.8 Å². The number of nitrogens with one attached hydrogen (secondary N) is 2. The molecule has 0 aromatic carbocycles. The fourth-order valence-electron chi connectivity index (χ4n) is 2.05. The molecular formula is C10H22N2O2S. The molecule has 0 saturated heterocycles. The lowest BCUT2D eigenvalue weighted by atomic mass is 9.91. The zero-order chi connectivity index (χ0) is 11.1. The topological polar surface area (TPSA) is 58.2 Å². The first-order valence-corrected chi connectivity index (χ1v) is 7.41. The molecule has 0 bridgehead atoms. The average Bonchev–Trinajstić information content (AvgIpc) is 2.18. The molecule has 0 atom stereocenters. The summed E-state index contributed by atoms with van der Waals surface area (Å²) in [4.78, 5) is 0. The second-order valence-electron chi connectivity index (χ2n) is 4.28. The lowest BCUT2D eigenvalue weighted by Crippen LogP contribution is -2.34. The largest absolute Gasteiger partial charge is 0.318 e. The van der Waals surface area contributed by atoms with Crippen LogP contribution >= 0.6 is 0 Å². The molecule has 0 radical (unpaired) electrons. The lowest BCUT2D eigenvalue weighted by molar-refractivity contribution is 0.384. The van der Waals surface area contributed by atoms with Crippen molar-refractivity contribution in [2.24, 2.45) is 5.92 Å². The van der Waals surface area contributed by atoms with E-state index in [0.29, 0.717) is 24.8 Å². The summed E-state index contributed by atoms with van der Waals surface area (Å²) in [5, 5.41) is 2.92. The Labute approximate surface area is 92.9 Å². The third-order valence-corrected chi connectivity index (χ3v) is 4.43. The highest BCUT2D eigenvalue weighted by Gasteiger charge is 2.20. The molecule has 1 aliphatic rings. The SMILES string of the molecule is CNCCNS(=O)(=O)CC1CCCCC1. The Hall–Kier alpha value is -0.130. The maximum absolute atomic E-state index is 11.6. The molecule has 1 saturated carbocycles. The number of sulfonamides is 1. The molecule has 15 heavy (non-hydrogen) atoms.